The molecule has 18 heavy (non-hydrogen) atoms. The lowest BCUT2D eigenvalue weighted by atomic mass is 10.2. The van der Waals surface area contributed by atoms with Gasteiger partial charge in [-0.2, -0.15) is 23.5 Å². The van der Waals surface area contributed by atoms with Gasteiger partial charge < -0.3 is 5.32 Å². The van der Waals surface area contributed by atoms with Gasteiger partial charge in [-0.1, -0.05) is 6.92 Å². The third kappa shape index (κ3) is 3.42. The predicted molar refractivity (Wildman–Crippen MR) is 77.0 cm³/mol. The maximum Gasteiger partial charge on any atom is 0.246 e. The molecule has 1 N–H and O–H groups in total. The average Bonchev–Trinajstić information content (AvgIpc) is 2.66. The maximum atomic E-state index is 12.0. The minimum atomic E-state index is -0.281. The topological polar surface area (TPSA) is 49.4 Å². The molecule has 2 heterocycles. The van der Waals surface area contributed by atoms with Crippen LogP contribution in [0.25, 0.3) is 0 Å². The Bertz CT molecular complexity index is 319. The molecule has 0 spiro atoms. The fourth-order valence-corrected chi connectivity index (χ4v) is 4.85. The Labute approximate surface area is 117 Å². The molecule has 0 aromatic heterocycles. The lowest BCUT2D eigenvalue weighted by Crippen LogP contribution is -2.42. The SMILES string of the molecule is CCCN1C(=O)CC(NCC2CSCCS2)C1=O. The first-order valence-electron chi connectivity index (χ1n) is 6.49. The first kappa shape index (κ1) is 14.2. The summed E-state index contributed by atoms with van der Waals surface area (Å²) in [5.74, 6) is 3.51. The van der Waals surface area contributed by atoms with Gasteiger partial charge >= 0.3 is 0 Å². The molecule has 0 radical (unpaired) electrons. The molecule has 0 aromatic carbocycles. The van der Waals surface area contributed by atoms with Crippen LogP contribution in [-0.4, -0.2) is 58.4 Å². The van der Waals surface area contributed by atoms with Crippen LogP contribution in [0, 0.1) is 0 Å². The number of hydrogen-bond donors (Lipinski definition) is 1. The van der Waals surface area contributed by atoms with E-state index in [1.165, 1.54) is 16.4 Å². The van der Waals surface area contributed by atoms with Crippen molar-refractivity contribution in [3.63, 3.8) is 0 Å². The van der Waals surface area contributed by atoms with E-state index in [9.17, 15) is 9.59 Å². The zero-order valence-corrected chi connectivity index (χ0v) is 12.3. The Kier molecular flexibility index (Phi) is 5.38. The molecule has 6 heteroatoms. The summed E-state index contributed by atoms with van der Waals surface area (Å²) >= 11 is 3.94. The lowest BCUT2D eigenvalue weighted by Gasteiger charge is -2.22. The van der Waals surface area contributed by atoms with E-state index in [1.54, 1.807) is 0 Å². The van der Waals surface area contributed by atoms with Gasteiger partial charge in [0, 0.05) is 35.6 Å². The average molecular weight is 288 g/mol. The van der Waals surface area contributed by atoms with Crippen molar-refractivity contribution in [3.05, 3.63) is 0 Å². The molecule has 2 aliphatic heterocycles. The Hall–Kier alpha value is -0.200. The Balaban J connectivity index is 1.79. The van der Waals surface area contributed by atoms with Gasteiger partial charge in [0.1, 0.15) is 0 Å². The largest absolute Gasteiger partial charge is 0.304 e. The first-order chi connectivity index (χ1) is 8.72. The summed E-state index contributed by atoms with van der Waals surface area (Å²) in [5, 5.41) is 3.85. The van der Waals surface area contributed by atoms with Gasteiger partial charge in [-0.15, -0.1) is 0 Å². The summed E-state index contributed by atoms with van der Waals surface area (Å²) in [4.78, 5) is 25.1. The number of rotatable bonds is 5. The van der Waals surface area contributed by atoms with E-state index < -0.39 is 0 Å². The summed E-state index contributed by atoms with van der Waals surface area (Å²) in [7, 11) is 0. The van der Waals surface area contributed by atoms with Crippen LogP contribution in [0.5, 0.6) is 0 Å². The summed E-state index contributed by atoms with van der Waals surface area (Å²) in [6.07, 6.45) is 1.17. The second-order valence-corrected chi connectivity index (χ2v) is 7.17. The van der Waals surface area contributed by atoms with E-state index in [2.05, 4.69) is 5.32 Å². The van der Waals surface area contributed by atoms with E-state index in [-0.39, 0.29) is 17.9 Å². The van der Waals surface area contributed by atoms with Crippen LogP contribution in [0.15, 0.2) is 0 Å². The molecule has 2 unspecified atom stereocenters. The lowest BCUT2D eigenvalue weighted by molar-refractivity contribution is -0.138. The molecular weight excluding hydrogens is 268 g/mol. The van der Waals surface area contributed by atoms with Gasteiger partial charge in [-0.25, -0.2) is 0 Å². The molecule has 0 aromatic rings. The number of nitrogens with one attached hydrogen (secondary N) is 1. The third-order valence-electron chi connectivity index (χ3n) is 3.17. The van der Waals surface area contributed by atoms with Gasteiger partial charge in [-0.05, 0) is 6.42 Å². The smallest absolute Gasteiger partial charge is 0.246 e. The second kappa shape index (κ2) is 6.82. The number of carbonyl (C=O) groups excluding carboxylic acids is 2. The van der Waals surface area contributed by atoms with E-state index in [0.717, 1.165) is 18.7 Å². The fourth-order valence-electron chi connectivity index (χ4n) is 2.23. The zero-order chi connectivity index (χ0) is 13.0. The van der Waals surface area contributed by atoms with Crippen LogP contribution in [0.1, 0.15) is 19.8 Å². The number of thioether (sulfide) groups is 2. The Morgan fingerprint density at radius 3 is 2.89 bits per heavy atom. The molecule has 2 aliphatic rings. The zero-order valence-electron chi connectivity index (χ0n) is 10.7. The minimum absolute atomic E-state index is 0.0231. The van der Waals surface area contributed by atoms with Crippen LogP contribution >= 0.6 is 23.5 Å². The van der Waals surface area contributed by atoms with Crippen LogP contribution in [0.3, 0.4) is 0 Å². The van der Waals surface area contributed by atoms with Crippen molar-refractivity contribution in [2.75, 3.05) is 30.3 Å². The van der Waals surface area contributed by atoms with Gasteiger partial charge in [-0.3, -0.25) is 14.5 Å². The molecule has 0 bridgehead atoms. The predicted octanol–water partition coefficient (Wildman–Crippen LogP) is 0.962. The van der Waals surface area contributed by atoms with Gasteiger partial charge in [0.25, 0.3) is 0 Å². The molecular formula is C12H20N2O2S2. The monoisotopic (exact) mass is 288 g/mol. The molecule has 2 rings (SSSR count). The highest BCUT2D eigenvalue weighted by molar-refractivity contribution is 8.06. The maximum absolute atomic E-state index is 12.0. The number of hydrogen-bond acceptors (Lipinski definition) is 5. The third-order valence-corrected chi connectivity index (χ3v) is 6.01. The number of amides is 2. The summed E-state index contributed by atoms with van der Waals surface area (Å²) < 4.78 is 0. The number of imide groups is 1. The first-order valence-corrected chi connectivity index (χ1v) is 8.69. The van der Waals surface area contributed by atoms with E-state index in [1.807, 2.05) is 30.4 Å². The fraction of sp³-hybridized carbons (Fsp3) is 0.833. The highest BCUT2D eigenvalue weighted by Crippen LogP contribution is 2.24. The van der Waals surface area contributed by atoms with Crippen molar-refractivity contribution in [3.8, 4) is 0 Å². The van der Waals surface area contributed by atoms with Crippen LogP contribution in [0.2, 0.25) is 0 Å². The number of likely N-dealkylation sites (tertiary alicyclic amines) is 1. The summed E-state index contributed by atoms with van der Waals surface area (Å²) in [5.41, 5.74) is 0. The molecule has 2 fully saturated rings. The van der Waals surface area contributed by atoms with Crippen molar-refractivity contribution in [1.29, 1.82) is 0 Å². The van der Waals surface area contributed by atoms with E-state index >= 15 is 0 Å². The molecule has 102 valence electrons. The van der Waals surface area contributed by atoms with Crippen molar-refractivity contribution >= 4 is 35.3 Å². The van der Waals surface area contributed by atoms with Crippen molar-refractivity contribution in [2.24, 2.45) is 0 Å². The van der Waals surface area contributed by atoms with Crippen LogP contribution < -0.4 is 5.32 Å². The molecule has 2 amide bonds. The molecule has 2 saturated heterocycles. The Morgan fingerprint density at radius 1 is 1.39 bits per heavy atom. The summed E-state index contributed by atoms with van der Waals surface area (Å²) in [6, 6.07) is -0.281. The minimum Gasteiger partial charge on any atom is -0.304 e. The van der Waals surface area contributed by atoms with Crippen LogP contribution in [-0.2, 0) is 9.59 Å². The van der Waals surface area contributed by atoms with Crippen molar-refractivity contribution < 1.29 is 9.59 Å². The standard InChI is InChI=1S/C12H20N2O2S2/c1-2-3-14-11(15)6-10(12(14)16)13-7-9-8-17-4-5-18-9/h9-10,13H,2-8H2,1H3. The molecule has 2 atom stereocenters. The van der Waals surface area contributed by atoms with Crippen molar-refractivity contribution in [2.45, 2.75) is 31.1 Å². The second-order valence-electron chi connectivity index (χ2n) is 4.62. The highest BCUT2D eigenvalue weighted by atomic mass is 32.2. The summed E-state index contributed by atoms with van der Waals surface area (Å²) in [6.45, 7) is 3.38. The molecule has 0 saturated carbocycles. The highest BCUT2D eigenvalue weighted by Gasteiger charge is 2.37. The molecule has 0 aliphatic carbocycles. The number of nitrogens with zero attached hydrogens (tertiary/aromatic N) is 1. The van der Waals surface area contributed by atoms with E-state index in [0.29, 0.717) is 18.2 Å². The number of carbonyl (C=O) groups is 2. The van der Waals surface area contributed by atoms with Crippen molar-refractivity contribution in [1.82, 2.24) is 10.2 Å². The molecule has 4 nitrogen and oxygen atoms in total. The normalized spacial score (nSPS) is 29.1. The van der Waals surface area contributed by atoms with Gasteiger partial charge in [0.15, 0.2) is 0 Å². The van der Waals surface area contributed by atoms with Gasteiger partial charge in [0.2, 0.25) is 11.8 Å². The van der Waals surface area contributed by atoms with Crippen LogP contribution in [0.4, 0.5) is 0 Å². The van der Waals surface area contributed by atoms with Gasteiger partial charge in [0.05, 0.1) is 12.5 Å². The quantitative estimate of drug-likeness (QED) is 0.764. The van der Waals surface area contributed by atoms with E-state index in [4.69, 9.17) is 0 Å². The Morgan fingerprint density at radius 2 is 2.22 bits per heavy atom.